The smallest absolute Gasteiger partial charge is 0.273 e. The van der Waals surface area contributed by atoms with E-state index in [2.05, 4.69) is 15.5 Å². The molecule has 0 saturated heterocycles. The molecule has 0 atom stereocenters. The van der Waals surface area contributed by atoms with Crippen LogP contribution in [0.3, 0.4) is 0 Å². The molecular weight excluding hydrogens is 379 g/mol. The summed E-state index contributed by atoms with van der Waals surface area (Å²) in [5.41, 5.74) is 0.911. The molecule has 1 aromatic carbocycles. The normalized spacial score (nSPS) is 10.8. The van der Waals surface area contributed by atoms with E-state index in [1.165, 1.54) is 41.4 Å². The summed E-state index contributed by atoms with van der Waals surface area (Å²) in [6.07, 6.45) is 2.88. The second-order valence-electron chi connectivity index (χ2n) is 6.12. The fourth-order valence-electron chi connectivity index (χ4n) is 2.67. The van der Waals surface area contributed by atoms with E-state index in [4.69, 9.17) is 8.94 Å². The maximum absolute atomic E-state index is 13.0. The molecule has 8 nitrogen and oxygen atoms in total. The lowest BCUT2D eigenvalue weighted by atomic mass is 10.1. The lowest BCUT2D eigenvalue weighted by Gasteiger charge is -2.07. The molecule has 0 aliphatic heterocycles. The van der Waals surface area contributed by atoms with Crippen LogP contribution in [0.5, 0.6) is 0 Å². The first-order valence-electron chi connectivity index (χ1n) is 8.71. The van der Waals surface area contributed by atoms with Gasteiger partial charge in [0, 0.05) is 30.8 Å². The minimum Gasteiger partial charge on any atom is -0.461 e. The van der Waals surface area contributed by atoms with Crippen molar-refractivity contribution in [2.75, 3.05) is 6.54 Å². The van der Waals surface area contributed by atoms with Crippen LogP contribution in [0.4, 0.5) is 4.39 Å². The number of nitrogens with one attached hydrogen (secondary N) is 1. The Kier molecular flexibility index (Phi) is 5.02. The van der Waals surface area contributed by atoms with Gasteiger partial charge in [0.25, 0.3) is 11.5 Å². The van der Waals surface area contributed by atoms with Crippen molar-refractivity contribution >= 4 is 5.91 Å². The zero-order valence-electron chi connectivity index (χ0n) is 15.0. The highest BCUT2D eigenvalue weighted by atomic mass is 19.1. The lowest BCUT2D eigenvalue weighted by Crippen LogP contribution is -2.31. The quantitative estimate of drug-likeness (QED) is 0.539. The molecular formula is C20H15FN4O4. The van der Waals surface area contributed by atoms with Gasteiger partial charge in [-0.15, -0.1) is 0 Å². The summed E-state index contributed by atoms with van der Waals surface area (Å²) in [5, 5.41) is 6.38. The summed E-state index contributed by atoms with van der Waals surface area (Å²) in [6.45, 7) is 0.420. The van der Waals surface area contributed by atoms with Crippen molar-refractivity contribution in [1.82, 2.24) is 20.0 Å². The van der Waals surface area contributed by atoms with Crippen molar-refractivity contribution in [3.05, 3.63) is 83.0 Å². The average molecular weight is 394 g/mol. The van der Waals surface area contributed by atoms with Crippen molar-refractivity contribution in [1.29, 1.82) is 0 Å². The van der Waals surface area contributed by atoms with E-state index in [0.29, 0.717) is 22.8 Å². The monoisotopic (exact) mass is 394 g/mol. The predicted molar refractivity (Wildman–Crippen MR) is 100 cm³/mol. The van der Waals surface area contributed by atoms with Crippen molar-refractivity contribution in [3.8, 4) is 22.8 Å². The number of nitrogens with zero attached hydrogens (tertiary/aromatic N) is 3. The highest BCUT2D eigenvalue weighted by molar-refractivity contribution is 5.92. The van der Waals surface area contributed by atoms with Gasteiger partial charge in [0.1, 0.15) is 5.82 Å². The molecule has 1 amide bonds. The fourth-order valence-corrected chi connectivity index (χ4v) is 2.67. The van der Waals surface area contributed by atoms with E-state index in [9.17, 15) is 14.0 Å². The number of amides is 1. The second kappa shape index (κ2) is 7.93. The van der Waals surface area contributed by atoms with Crippen LogP contribution in [0.2, 0.25) is 0 Å². The molecule has 0 radical (unpaired) electrons. The summed E-state index contributed by atoms with van der Waals surface area (Å²) in [5.74, 6) is 0.0177. The van der Waals surface area contributed by atoms with E-state index in [0.717, 1.165) is 0 Å². The number of hydrogen-bond acceptors (Lipinski definition) is 6. The third-order valence-electron chi connectivity index (χ3n) is 4.16. The topological polar surface area (TPSA) is 103 Å². The Balaban J connectivity index is 1.36. The zero-order valence-corrected chi connectivity index (χ0v) is 15.0. The molecule has 1 N–H and O–H groups in total. The van der Waals surface area contributed by atoms with Gasteiger partial charge < -0.3 is 14.3 Å². The van der Waals surface area contributed by atoms with Crippen LogP contribution in [0.1, 0.15) is 10.5 Å². The predicted octanol–water partition coefficient (Wildman–Crippen LogP) is 2.73. The Morgan fingerprint density at radius 3 is 2.69 bits per heavy atom. The van der Waals surface area contributed by atoms with Gasteiger partial charge in [-0.2, -0.15) is 0 Å². The number of carbonyl (C=O) groups is 1. The standard InChI is InChI=1S/C20H15FN4O4/c21-14-5-3-13(4-6-14)15-11-19(26)25(12-23-15)8-7-22-20(27)16-10-18(29-24-16)17-2-1-9-28-17/h1-6,9-12H,7-8H2,(H,22,27). The maximum atomic E-state index is 13.0. The first-order chi connectivity index (χ1) is 14.1. The van der Waals surface area contributed by atoms with Gasteiger partial charge in [0.05, 0.1) is 18.3 Å². The summed E-state index contributed by atoms with van der Waals surface area (Å²) < 4.78 is 24.6. The number of carbonyl (C=O) groups excluding carboxylic acids is 1. The Morgan fingerprint density at radius 1 is 1.14 bits per heavy atom. The van der Waals surface area contributed by atoms with E-state index >= 15 is 0 Å². The molecule has 0 spiro atoms. The molecule has 3 heterocycles. The molecule has 0 bridgehead atoms. The van der Waals surface area contributed by atoms with Gasteiger partial charge in [-0.05, 0) is 36.4 Å². The molecule has 0 aliphatic rings. The van der Waals surface area contributed by atoms with E-state index in [1.807, 2.05) is 0 Å². The van der Waals surface area contributed by atoms with Gasteiger partial charge in [-0.25, -0.2) is 9.37 Å². The largest absolute Gasteiger partial charge is 0.461 e. The van der Waals surface area contributed by atoms with Crippen LogP contribution in [0, 0.1) is 5.82 Å². The van der Waals surface area contributed by atoms with Gasteiger partial charge in [-0.3, -0.25) is 14.2 Å². The van der Waals surface area contributed by atoms with Crippen LogP contribution >= 0.6 is 0 Å². The van der Waals surface area contributed by atoms with Crippen molar-refractivity contribution in [3.63, 3.8) is 0 Å². The van der Waals surface area contributed by atoms with Gasteiger partial charge in [0.15, 0.2) is 11.5 Å². The van der Waals surface area contributed by atoms with Crippen LogP contribution in [-0.4, -0.2) is 27.2 Å². The van der Waals surface area contributed by atoms with E-state index < -0.39 is 5.91 Å². The highest BCUT2D eigenvalue weighted by Crippen LogP contribution is 2.20. The van der Waals surface area contributed by atoms with Crippen LogP contribution in [-0.2, 0) is 6.54 Å². The Morgan fingerprint density at radius 2 is 1.97 bits per heavy atom. The van der Waals surface area contributed by atoms with Crippen LogP contribution < -0.4 is 10.9 Å². The lowest BCUT2D eigenvalue weighted by molar-refractivity contribution is 0.0943. The van der Waals surface area contributed by atoms with Gasteiger partial charge in [0.2, 0.25) is 5.76 Å². The second-order valence-corrected chi connectivity index (χ2v) is 6.12. The number of rotatable bonds is 6. The number of hydrogen-bond donors (Lipinski definition) is 1. The molecule has 0 aliphatic carbocycles. The number of furan rings is 1. The first-order valence-corrected chi connectivity index (χ1v) is 8.71. The van der Waals surface area contributed by atoms with Crippen molar-refractivity contribution in [2.24, 2.45) is 0 Å². The van der Waals surface area contributed by atoms with Gasteiger partial charge in [-0.1, -0.05) is 5.16 Å². The van der Waals surface area contributed by atoms with Crippen molar-refractivity contribution < 1.29 is 18.1 Å². The summed E-state index contributed by atoms with van der Waals surface area (Å²) >= 11 is 0. The molecule has 0 fully saturated rings. The van der Waals surface area contributed by atoms with Crippen molar-refractivity contribution in [2.45, 2.75) is 6.54 Å². The Labute approximate surface area is 163 Å². The third kappa shape index (κ3) is 4.13. The molecule has 4 aromatic rings. The highest BCUT2D eigenvalue weighted by Gasteiger charge is 2.14. The number of benzene rings is 1. The molecule has 0 unspecified atom stereocenters. The van der Waals surface area contributed by atoms with E-state index in [-0.39, 0.29) is 30.2 Å². The fraction of sp³-hybridized carbons (Fsp3) is 0.100. The SMILES string of the molecule is O=C(NCCn1cnc(-c2ccc(F)cc2)cc1=O)c1cc(-c2ccco2)on1. The molecule has 146 valence electrons. The van der Waals surface area contributed by atoms with Gasteiger partial charge >= 0.3 is 0 Å². The first kappa shape index (κ1) is 18.4. The summed E-state index contributed by atoms with van der Waals surface area (Å²) in [4.78, 5) is 28.6. The number of aromatic nitrogens is 3. The molecule has 4 rings (SSSR count). The molecule has 9 heteroatoms. The summed E-state index contributed by atoms with van der Waals surface area (Å²) in [6, 6.07) is 11.9. The Hall–Kier alpha value is -4.01. The maximum Gasteiger partial charge on any atom is 0.273 e. The molecule has 3 aromatic heterocycles. The van der Waals surface area contributed by atoms with E-state index in [1.54, 1.807) is 24.3 Å². The minimum atomic E-state index is -0.435. The average Bonchev–Trinajstić information content (AvgIpc) is 3.41. The number of halogens is 1. The molecule has 29 heavy (non-hydrogen) atoms. The van der Waals surface area contributed by atoms with Crippen LogP contribution in [0.15, 0.2) is 74.9 Å². The zero-order chi connectivity index (χ0) is 20.2. The third-order valence-corrected chi connectivity index (χ3v) is 4.16. The molecule has 0 saturated carbocycles. The summed E-state index contributed by atoms with van der Waals surface area (Å²) in [7, 11) is 0. The Bertz CT molecular complexity index is 1180. The van der Waals surface area contributed by atoms with Crippen LogP contribution in [0.25, 0.3) is 22.8 Å². The minimum absolute atomic E-state index is 0.105.